The number of aryl methyl sites for hydroxylation is 1. The van der Waals surface area contributed by atoms with E-state index in [1.54, 1.807) is 0 Å². The molecule has 0 aliphatic carbocycles. The van der Waals surface area contributed by atoms with E-state index in [2.05, 4.69) is 10.6 Å². The van der Waals surface area contributed by atoms with Crippen LogP contribution in [0.2, 0.25) is 0 Å². The Bertz CT molecular complexity index is 346. The molecule has 0 amide bonds. The molecule has 1 aromatic rings. The number of alkyl halides is 1. The van der Waals surface area contributed by atoms with Crippen LogP contribution < -0.4 is 10.6 Å². The molecule has 0 spiro atoms. The third-order valence-electron chi connectivity index (χ3n) is 3.19. The standard InChI is InChI=1S/C13H19FN2/c1-10-6-11(7-14)2-3-13(10)16-9-12-4-5-15-8-12/h2-3,6,12,15-16H,4-5,7-9H2,1H3. The van der Waals surface area contributed by atoms with Crippen molar-refractivity contribution in [2.24, 2.45) is 5.92 Å². The van der Waals surface area contributed by atoms with Gasteiger partial charge in [0, 0.05) is 12.2 Å². The lowest BCUT2D eigenvalue weighted by atomic mass is 10.1. The van der Waals surface area contributed by atoms with Crippen LogP contribution >= 0.6 is 0 Å². The minimum absolute atomic E-state index is 0.381. The van der Waals surface area contributed by atoms with Gasteiger partial charge in [-0.15, -0.1) is 0 Å². The lowest BCUT2D eigenvalue weighted by molar-refractivity contribution is 0.485. The van der Waals surface area contributed by atoms with E-state index in [-0.39, 0.29) is 6.67 Å². The summed E-state index contributed by atoms with van der Waals surface area (Å²) in [5.74, 6) is 0.722. The van der Waals surface area contributed by atoms with Gasteiger partial charge in [0.1, 0.15) is 6.67 Å². The van der Waals surface area contributed by atoms with Gasteiger partial charge in [-0.3, -0.25) is 0 Å². The minimum atomic E-state index is -0.381. The van der Waals surface area contributed by atoms with E-state index in [9.17, 15) is 4.39 Å². The van der Waals surface area contributed by atoms with Gasteiger partial charge in [-0.25, -0.2) is 4.39 Å². The fourth-order valence-corrected chi connectivity index (χ4v) is 2.15. The van der Waals surface area contributed by atoms with Gasteiger partial charge in [-0.1, -0.05) is 12.1 Å². The molecule has 1 aliphatic heterocycles. The van der Waals surface area contributed by atoms with E-state index in [0.717, 1.165) is 42.4 Å². The molecular formula is C13H19FN2. The van der Waals surface area contributed by atoms with Crippen LogP contribution in [-0.4, -0.2) is 19.6 Å². The maximum atomic E-state index is 12.4. The third kappa shape index (κ3) is 2.73. The maximum absolute atomic E-state index is 12.4. The molecule has 0 radical (unpaired) electrons. The van der Waals surface area contributed by atoms with Gasteiger partial charge >= 0.3 is 0 Å². The van der Waals surface area contributed by atoms with Crippen LogP contribution in [0.25, 0.3) is 0 Å². The average molecular weight is 222 g/mol. The van der Waals surface area contributed by atoms with Crippen LogP contribution in [0.5, 0.6) is 0 Å². The molecule has 0 bridgehead atoms. The number of rotatable bonds is 4. The fraction of sp³-hybridized carbons (Fsp3) is 0.538. The summed E-state index contributed by atoms with van der Waals surface area (Å²) >= 11 is 0. The van der Waals surface area contributed by atoms with E-state index in [1.807, 2.05) is 25.1 Å². The van der Waals surface area contributed by atoms with Crippen molar-refractivity contribution in [2.45, 2.75) is 20.0 Å². The Morgan fingerprint density at radius 1 is 1.50 bits per heavy atom. The van der Waals surface area contributed by atoms with Crippen molar-refractivity contribution in [1.29, 1.82) is 0 Å². The number of benzene rings is 1. The lowest BCUT2D eigenvalue weighted by Gasteiger charge is -2.13. The van der Waals surface area contributed by atoms with Gasteiger partial charge in [0.05, 0.1) is 0 Å². The highest BCUT2D eigenvalue weighted by atomic mass is 19.1. The largest absolute Gasteiger partial charge is 0.385 e. The van der Waals surface area contributed by atoms with Crippen LogP contribution in [0.15, 0.2) is 18.2 Å². The summed E-state index contributed by atoms with van der Waals surface area (Å²) in [6.07, 6.45) is 1.24. The van der Waals surface area contributed by atoms with Gasteiger partial charge in [0.25, 0.3) is 0 Å². The summed E-state index contributed by atoms with van der Waals surface area (Å²) in [5.41, 5.74) is 3.01. The van der Waals surface area contributed by atoms with Gasteiger partial charge < -0.3 is 10.6 Å². The van der Waals surface area contributed by atoms with E-state index >= 15 is 0 Å². The smallest absolute Gasteiger partial charge is 0.115 e. The molecule has 1 unspecified atom stereocenters. The summed E-state index contributed by atoms with van der Waals surface area (Å²) in [6.45, 7) is 4.88. The zero-order valence-corrected chi connectivity index (χ0v) is 9.72. The maximum Gasteiger partial charge on any atom is 0.115 e. The molecule has 1 aromatic carbocycles. The monoisotopic (exact) mass is 222 g/mol. The summed E-state index contributed by atoms with van der Waals surface area (Å²) < 4.78 is 12.4. The van der Waals surface area contributed by atoms with Crippen molar-refractivity contribution in [1.82, 2.24) is 5.32 Å². The zero-order valence-electron chi connectivity index (χ0n) is 9.72. The number of anilines is 1. The number of halogens is 1. The molecule has 0 aromatic heterocycles. The number of hydrogen-bond donors (Lipinski definition) is 2. The van der Waals surface area contributed by atoms with Gasteiger partial charge in [0.2, 0.25) is 0 Å². The fourth-order valence-electron chi connectivity index (χ4n) is 2.15. The highest BCUT2D eigenvalue weighted by molar-refractivity contribution is 5.52. The Hall–Kier alpha value is -1.09. The zero-order chi connectivity index (χ0) is 11.4. The highest BCUT2D eigenvalue weighted by Gasteiger charge is 2.13. The molecule has 1 atom stereocenters. The van der Waals surface area contributed by atoms with Crippen LogP contribution in [0.1, 0.15) is 17.5 Å². The van der Waals surface area contributed by atoms with Crippen molar-refractivity contribution in [3.05, 3.63) is 29.3 Å². The predicted molar refractivity (Wildman–Crippen MR) is 65.5 cm³/mol. The number of hydrogen-bond acceptors (Lipinski definition) is 2. The number of nitrogens with one attached hydrogen (secondary N) is 2. The SMILES string of the molecule is Cc1cc(CF)ccc1NCC1CCNC1. The van der Waals surface area contributed by atoms with Crippen LogP contribution in [0, 0.1) is 12.8 Å². The Morgan fingerprint density at radius 2 is 2.38 bits per heavy atom. The van der Waals surface area contributed by atoms with Crippen LogP contribution in [0.3, 0.4) is 0 Å². The summed E-state index contributed by atoms with van der Waals surface area (Å²) in [7, 11) is 0. The van der Waals surface area contributed by atoms with E-state index in [1.165, 1.54) is 6.42 Å². The third-order valence-corrected chi connectivity index (χ3v) is 3.19. The van der Waals surface area contributed by atoms with Gasteiger partial charge in [0.15, 0.2) is 0 Å². The van der Waals surface area contributed by atoms with Crippen molar-refractivity contribution >= 4 is 5.69 Å². The minimum Gasteiger partial charge on any atom is -0.385 e. The van der Waals surface area contributed by atoms with Crippen LogP contribution in [0.4, 0.5) is 10.1 Å². The first-order valence-corrected chi connectivity index (χ1v) is 5.89. The second-order valence-electron chi connectivity index (χ2n) is 4.52. The van der Waals surface area contributed by atoms with Gasteiger partial charge in [-0.05, 0) is 49.5 Å². The molecule has 2 rings (SSSR count). The Kier molecular flexibility index (Phi) is 3.78. The average Bonchev–Trinajstić information content (AvgIpc) is 2.80. The van der Waals surface area contributed by atoms with Crippen molar-refractivity contribution in [3.63, 3.8) is 0 Å². The first-order valence-electron chi connectivity index (χ1n) is 5.89. The normalized spacial score (nSPS) is 20.0. The molecule has 1 heterocycles. The highest BCUT2D eigenvalue weighted by Crippen LogP contribution is 2.18. The van der Waals surface area contributed by atoms with E-state index in [0.29, 0.717) is 0 Å². The summed E-state index contributed by atoms with van der Waals surface area (Å²) in [6, 6.07) is 5.74. The molecule has 1 fully saturated rings. The Balaban J connectivity index is 1.93. The Labute approximate surface area is 96.2 Å². The first kappa shape index (κ1) is 11.4. The lowest BCUT2D eigenvalue weighted by Crippen LogP contribution is -2.17. The van der Waals surface area contributed by atoms with Gasteiger partial charge in [-0.2, -0.15) is 0 Å². The molecule has 3 heteroatoms. The predicted octanol–water partition coefficient (Wildman–Crippen LogP) is 2.49. The summed E-state index contributed by atoms with van der Waals surface area (Å²) in [4.78, 5) is 0. The Morgan fingerprint density at radius 3 is 3.00 bits per heavy atom. The molecule has 1 aliphatic rings. The molecule has 88 valence electrons. The molecule has 16 heavy (non-hydrogen) atoms. The quantitative estimate of drug-likeness (QED) is 0.818. The molecular weight excluding hydrogens is 203 g/mol. The summed E-state index contributed by atoms with van der Waals surface area (Å²) in [5, 5.41) is 6.80. The van der Waals surface area contributed by atoms with Crippen molar-refractivity contribution in [2.75, 3.05) is 25.0 Å². The van der Waals surface area contributed by atoms with Crippen LogP contribution in [-0.2, 0) is 6.67 Å². The van der Waals surface area contributed by atoms with E-state index < -0.39 is 0 Å². The molecule has 1 saturated heterocycles. The topological polar surface area (TPSA) is 24.1 Å². The second-order valence-corrected chi connectivity index (χ2v) is 4.52. The molecule has 2 N–H and O–H groups in total. The van der Waals surface area contributed by atoms with E-state index in [4.69, 9.17) is 0 Å². The molecule has 2 nitrogen and oxygen atoms in total. The first-order chi connectivity index (χ1) is 7.79. The molecule has 0 saturated carbocycles. The second kappa shape index (κ2) is 5.30. The van der Waals surface area contributed by atoms with Crippen molar-refractivity contribution in [3.8, 4) is 0 Å². The van der Waals surface area contributed by atoms with Crippen molar-refractivity contribution < 1.29 is 4.39 Å².